The van der Waals surface area contributed by atoms with Crippen molar-refractivity contribution in [2.75, 3.05) is 5.32 Å². The van der Waals surface area contributed by atoms with Crippen LogP contribution < -0.4 is 5.32 Å². The van der Waals surface area contributed by atoms with Gasteiger partial charge in [0.1, 0.15) is 0 Å². The molecule has 0 aromatic carbocycles. The molecule has 4 nitrogen and oxygen atoms in total. The molecule has 0 saturated carbocycles. The van der Waals surface area contributed by atoms with Gasteiger partial charge in [0.2, 0.25) is 0 Å². The van der Waals surface area contributed by atoms with Crippen LogP contribution in [0.4, 0.5) is 5.82 Å². The molecule has 4 heteroatoms. The Morgan fingerprint density at radius 3 is 3.12 bits per heavy atom. The number of hydrogen-bond acceptors (Lipinski definition) is 3. The Balaban J connectivity index is 2.19. The Morgan fingerprint density at radius 2 is 2.31 bits per heavy atom. The number of pyridine rings is 1. The normalized spacial score (nSPS) is 17.8. The maximum atomic E-state index is 4.37. The number of rotatable bonds is 1. The Morgan fingerprint density at radius 1 is 1.44 bits per heavy atom. The number of fused-ring (bicyclic) bond motifs is 3. The molecule has 2 aromatic rings. The van der Waals surface area contributed by atoms with Gasteiger partial charge >= 0.3 is 0 Å². The zero-order valence-electron chi connectivity index (χ0n) is 9.38. The number of anilines is 1. The fourth-order valence-electron chi connectivity index (χ4n) is 2.17. The van der Waals surface area contributed by atoms with Crippen LogP contribution >= 0.6 is 0 Å². The van der Waals surface area contributed by atoms with Gasteiger partial charge in [0.05, 0.1) is 29.9 Å². The quantitative estimate of drug-likeness (QED) is 0.792. The van der Waals surface area contributed by atoms with Crippen LogP contribution in [-0.4, -0.2) is 14.5 Å². The van der Waals surface area contributed by atoms with Crippen LogP contribution in [0.5, 0.6) is 0 Å². The first-order valence-corrected chi connectivity index (χ1v) is 5.51. The van der Waals surface area contributed by atoms with Crippen LogP contribution in [0.15, 0.2) is 30.9 Å². The van der Waals surface area contributed by atoms with Crippen LogP contribution in [0, 0.1) is 5.92 Å². The highest BCUT2D eigenvalue weighted by molar-refractivity contribution is 5.60. The van der Waals surface area contributed by atoms with E-state index in [0.29, 0.717) is 5.92 Å². The predicted octanol–water partition coefficient (Wildman–Crippen LogP) is 2.39. The molecule has 0 spiro atoms. The minimum absolute atomic E-state index is 0.282. The Hall–Kier alpha value is -1.84. The van der Waals surface area contributed by atoms with E-state index in [9.17, 15) is 0 Å². The van der Waals surface area contributed by atoms with Crippen molar-refractivity contribution in [3.8, 4) is 5.69 Å². The summed E-state index contributed by atoms with van der Waals surface area (Å²) < 4.78 is 2.11. The van der Waals surface area contributed by atoms with E-state index >= 15 is 0 Å². The lowest BCUT2D eigenvalue weighted by molar-refractivity contribution is 0.518. The third-order valence-electron chi connectivity index (χ3n) is 2.99. The molecule has 0 amide bonds. The minimum Gasteiger partial charge on any atom is -0.360 e. The standard InChI is InChI=1S/C12H14N4/c1-8(2)11-10-6-13-7-16(10)9-4-3-5-14-12(9)15-11/h3-8,11H,1-2H3,(H,14,15)/t11-/m0/s1. The molecule has 16 heavy (non-hydrogen) atoms. The molecule has 0 saturated heterocycles. The van der Waals surface area contributed by atoms with E-state index in [4.69, 9.17) is 0 Å². The average molecular weight is 214 g/mol. The summed E-state index contributed by atoms with van der Waals surface area (Å²) in [6.07, 6.45) is 5.59. The van der Waals surface area contributed by atoms with Gasteiger partial charge in [0.15, 0.2) is 5.82 Å². The second kappa shape index (κ2) is 3.33. The van der Waals surface area contributed by atoms with E-state index in [1.165, 1.54) is 5.69 Å². The van der Waals surface area contributed by atoms with Crippen LogP contribution in [-0.2, 0) is 0 Å². The molecule has 3 heterocycles. The van der Waals surface area contributed by atoms with Crippen molar-refractivity contribution in [3.63, 3.8) is 0 Å². The first-order chi connectivity index (χ1) is 7.77. The van der Waals surface area contributed by atoms with Gasteiger partial charge in [-0.3, -0.25) is 4.57 Å². The van der Waals surface area contributed by atoms with Gasteiger partial charge in [-0.25, -0.2) is 9.97 Å². The smallest absolute Gasteiger partial charge is 0.150 e. The van der Waals surface area contributed by atoms with Crippen LogP contribution in [0.1, 0.15) is 25.6 Å². The number of nitrogens with one attached hydrogen (secondary N) is 1. The molecule has 0 fully saturated rings. The van der Waals surface area contributed by atoms with Gasteiger partial charge in [-0.1, -0.05) is 13.8 Å². The monoisotopic (exact) mass is 214 g/mol. The highest BCUT2D eigenvalue weighted by atomic mass is 15.2. The lowest BCUT2D eigenvalue weighted by atomic mass is 9.99. The third kappa shape index (κ3) is 1.23. The molecule has 82 valence electrons. The van der Waals surface area contributed by atoms with E-state index in [1.54, 1.807) is 0 Å². The van der Waals surface area contributed by atoms with E-state index in [0.717, 1.165) is 11.5 Å². The second-order valence-electron chi connectivity index (χ2n) is 4.43. The SMILES string of the molecule is CC(C)[C@@H]1Nc2ncccc2-n2cncc21. The number of imidazole rings is 1. The molecular weight excluding hydrogens is 200 g/mol. The summed E-state index contributed by atoms with van der Waals surface area (Å²) in [5.74, 6) is 1.44. The second-order valence-corrected chi connectivity index (χ2v) is 4.43. The zero-order valence-corrected chi connectivity index (χ0v) is 9.38. The molecule has 0 aliphatic carbocycles. The summed E-state index contributed by atoms with van der Waals surface area (Å²) in [5.41, 5.74) is 2.28. The van der Waals surface area contributed by atoms with Gasteiger partial charge in [-0.15, -0.1) is 0 Å². The van der Waals surface area contributed by atoms with E-state index in [1.807, 2.05) is 24.8 Å². The van der Waals surface area contributed by atoms with Crippen molar-refractivity contribution in [2.45, 2.75) is 19.9 Å². The largest absolute Gasteiger partial charge is 0.360 e. The molecule has 0 bridgehead atoms. The first-order valence-electron chi connectivity index (χ1n) is 5.51. The summed E-state index contributed by atoms with van der Waals surface area (Å²) in [7, 11) is 0. The molecule has 3 rings (SSSR count). The maximum Gasteiger partial charge on any atom is 0.150 e. The van der Waals surface area contributed by atoms with E-state index in [2.05, 4.69) is 39.8 Å². The van der Waals surface area contributed by atoms with E-state index in [-0.39, 0.29) is 6.04 Å². The highest BCUT2D eigenvalue weighted by Gasteiger charge is 2.26. The van der Waals surface area contributed by atoms with Crippen LogP contribution in [0.3, 0.4) is 0 Å². The Bertz CT molecular complexity index is 515. The maximum absolute atomic E-state index is 4.37. The molecule has 1 N–H and O–H groups in total. The fraction of sp³-hybridized carbons (Fsp3) is 0.333. The van der Waals surface area contributed by atoms with E-state index < -0.39 is 0 Å². The molecule has 0 radical (unpaired) electrons. The van der Waals surface area contributed by atoms with Crippen molar-refractivity contribution < 1.29 is 0 Å². The first kappa shape index (κ1) is 9.39. The topological polar surface area (TPSA) is 42.7 Å². The highest BCUT2D eigenvalue weighted by Crippen LogP contribution is 2.34. The summed E-state index contributed by atoms with van der Waals surface area (Å²) in [6.45, 7) is 4.39. The Kier molecular flexibility index (Phi) is 1.96. The summed E-state index contributed by atoms with van der Waals surface area (Å²) in [5, 5.41) is 3.47. The van der Waals surface area contributed by atoms with Crippen molar-refractivity contribution in [2.24, 2.45) is 5.92 Å². The van der Waals surface area contributed by atoms with Gasteiger partial charge < -0.3 is 5.32 Å². The molecule has 1 atom stereocenters. The summed E-state index contributed by atoms with van der Waals surface area (Å²) in [4.78, 5) is 8.60. The average Bonchev–Trinajstić information content (AvgIpc) is 2.76. The Labute approximate surface area is 94.4 Å². The van der Waals surface area contributed by atoms with Gasteiger partial charge in [0, 0.05) is 6.20 Å². The van der Waals surface area contributed by atoms with Gasteiger partial charge in [-0.2, -0.15) is 0 Å². The third-order valence-corrected chi connectivity index (χ3v) is 2.99. The van der Waals surface area contributed by atoms with Crippen LogP contribution in [0.25, 0.3) is 5.69 Å². The predicted molar refractivity (Wildman–Crippen MR) is 62.6 cm³/mol. The minimum atomic E-state index is 0.282. The number of aromatic nitrogens is 3. The van der Waals surface area contributed by atoms with Gasteiger partial charge in [-0.05, 0) is 18.1 Å². The fourth-order valence-corrected chi connectivity index (χ4v) is 2.17. The molecule has 1 aliphatic rings. The molecule has 0 unspecified atom stereocenters. The van der Waals surface area contributed by atoms with Crippen molar-refractivity contribution in [1.29, 1.82) is 0 Å². The summed E-state index contributed by atoms with van der Waals surface area (Å²) in [6, 6.07) is 4.28. The zero-order chi connectivity index (χ0) is 11.1. The molecule has 2 aromatic heterocycles. The van der Waals surface area contributed by atoms with Crippen molar-refractivity contribution in [1.82, 2.24) is 14.5 Å². The molecular formula is C12H14N4. The summed E-state index contributed by atoms with van der Waals surface area (Å²) >= 11 is 0. The lowest BCUT2D eigenvalue weighted by Gasteiger charge is -2.30. The van der Waals surface area contributed by atoms with Crippen molar-refractivity contribution >= 4 is 5.82 Å². The van der Waals surface area contributed by atoms with Crippen molar-refractivity contribution in [3.05, 3.63) is 36.5 Å². The van der Waals surface area contributed by atoms with Gasteiger partial charge in [0.25, 0.3) is 0 Å². The lowest BCUT2D eigenvalue weighted by Crippen LogP contribution is -2.25. The number of nitrogens with zero attached hydrogens (tertiary/aromatic N) is 3. The van der Waals surface area contributed by atoms with Crippen LogP contribution in [0.2, 0.25) is 0 Å². The molecule has 1 aliphatic heterocycles. The number of hydrogen-bond donors (Lipinski definition) is 1.